The lowest BCUT2D eigenvalue weighted by Crippen LogP contribution is -2.45. The highest BCUT2D eigenvalue weighted by atomic mass is 16.5. The van der Waals surface area contributed by atoms with E-state index in [2.05, 4.69) is 0 Å². The summed E-state index contributed by atoms with van der Waals surface area (Å²) in [4.78, 5) is 2.04. The molecule has 0 bridgehead atoms. The molecule has 4 heteroatoms. The number of nitrogens with zero attached hydrogens (tertiary/aromatic N) is 1. The molecule has 0 aliphatic rings. The number of benzene rings is 1. The molecule has 1 atom stereocenters. The molecule has 0 fully saturated rings. The van der Waals surface area contributed by atoms with Gasteiger partial charge < -0.3 is 20.5 Å². The molecule has 102 valence electrons. The van der Waals surface area contributed by atoms with Gasteiger partial charge in [-0.3, -0.25) is 0 Å². The Morgan fingerprint density at radius 1 is 1.44 bits per heavy atom. The molecule has 4 nitrogen and oxygen atoms in total. The Hall–Kier alpha value is -1.26. The monoisotopic (exact) mass is 252 g/mol. The molecule has 0 aromatic heterocycles. The van der Waals surface area contributed by atoms with Crippen LogP contribution < -0.4 is 15.4 Å². The zero-order valence-electron chi connectivity index (χ0n) is 11.9. The molecule has 0 amide bonds. The Morgan fingerprint density at radius 2 is 2.06 bits per heavy atom. The van der Waals surface area contributed by atoms with Crippen molar-refractivity contribution >= 4 is 5.69 Å². The van der Waals surface area contributed by atoms with E-state index >= 15 is 0 Å². The average molecular weight is 252 g/mol. The van der Waals surface area contributed by atoms with Crippen molar-refractivity contribution in [3.63, 3.8) is 0 Å². The molecule has 0 saturated carbocycles. The van der Waals surface area contributed by atoms with Gasteiger partial charge in [0.05, 0.1) is 19.3 Å². The third-order valence-corrected chi connectivity index (χ3v) is 3.37. The van der Waals surface area contributed by atoms with Gasteiger partial charge in [-0.25, -0.2) is 0 Å². The van der Waals surface area contributed by atoms with E-state index in [1.807, 2.05) is 50.9 Å². The van der Waals surface area contributed by atoms with Crippen LogP contribution in [0.25, 0.3) is 0 Å². The van der Waals surface area contributed by atoms with E-state index in [0.717, 1.165) is 17.0 Å². The van der Waals surface area contributed by atoms with Crippen LogP contribution in [0.4, 0.5) is 5.69 Å². The predicted octanol–water partition coefficient (Wildman–Crippen LogP) is 1.92. The summed E-state index contributed by atoms with van der Waals surface area (Å²) in [6.45, 7) is 5.97. The third-order valence-electron chi connectivity index (χ3n) is 3.37. The second-order valence-corrected chi connectivity index (χ2v) is 5.21. The van der Waals surface area contributed by atoms with Crippen LogP contribution in [0, 0.1) is 0 Å². The Kier molecular flexibility index (Phi) is 4.59. The summed E-state index contributed by atoms with van der Waals surface area (Å²) in [5, 5.41) is 9.48. The highest BCUT2D eigenvalue weighted by Gasteiger charge is 2.26. The Bertz CT molecular complexity index is 403. The largest absolute Gasteiger partial charge is 0.496 e. The molecular weight excluding hydrogens is 228 g/mol. The maximum Gasteiger partial charge on any atom is 0.125 e. The first-order valence-electron chi connectivity index (χ1n) is 6.12. The van der Waals surface area contributed by atoms with E-state index in [4.69, 9.17) is 10.5 Å². The maximum absolute atomic E-state index is 9.48. The van der Waals surface area contributed by atoms with E-state index in [1.165, 1.54) is 0 Å². The highest BCUT2D eigenvalue weighted by molar-refractivity contribution is 5.61. The Labute approximate surface area is 109 Å². The Morgan fingerprint density at radius 3 is 2.50 bits per heavy atom. The summed E-state index contributed by atoms with van der Waals surface area (Å²) < 4.78 is 5.37. The van der Waals surface area contributed by atoms with Gasteiger partial charge in [-0.2, -0.15) is 0 Å². The smallest absolute Gasteiger partial charge is 0.125 e. The molecule has 0 aliphatic carbocycles. The molecule has 1 rings (SSSR count). The van der Waals surface area contributed by atoms with Crippen LogP contribution in [-0.4, -0.2) is 31.4 Å². The first-order chi connectivity index (χ1) is 8.35. The van der Waals surface area contributed by atoms with Crippen LogP contribution >= 0.6 is 0 Å². The van der Waals surface area contributed by atoms with E-state index in [0.29, 0.717) is 0 Å². The number of likely N-dealkylation sites (N-methyl/N-ethyl adjacent to an activating group) is 1. The standard InChI is InChI=1S/C14H24N2O2/c1-10(15)13-11(7-6-8-12(13)18-5)16(4)14(2,3)9-17/h6-8,10,17H,9,15H2,1-5H3. The molecule has 0 radical (unpaired) electrons. The molecule has 0 aliphatic heterocycles. The van der Waals surface area contributed by atoms with Gasteiger partial charge in [-0.15, -0.1) is 0 Å². The number of methoxy groups -OCH3 is 1. The van der Waals surface area contributed by atoms with Gasteiger partial charge in [-0.05, 0) is 32.9 Å². The average Bonchev–Trinajstić information content (AvgIpc) is 2.36. The van der Waals surface area contributed by atoms with Crippen molar-refractivity contribution in [3.05, 3.63) is 23.8 Å². The SMILES string of the molecule is COc1cccc(N(C)C(C)(C)CO)c1C(C)N. The zero-order valence-corrected chi connectivity index (χ0v) is 11.9. The van der Waals surface area contributed by atoms with Crippen LogP contribution in [0.2, 0.25) is 0 Å². The second-order valence-electron chi connectivity index (χ2n) is 5.21. The fourth-order valence-corrected chi connectivity index (χ4v) is 1.89. The molecule has 0 spiro atoms. The number of hydrogen-bond acceptors (Lipinski definition) is 4. The van der Waals surface area contributed by atoms with E-state index in [-0.39, 0.29) is 18.2 Å². The number of ether oxygens (including phenoxy) is 1. The van der Waals surface area contributed by atoms with Crippen molar-refractivity contribution < 1.29 is 9.84 Å². The molecule has 0 heterocycles. The van der Waals surface area contributed by atoms with Crippen molar-refractivity contribution in [1.29, 1.82) is 0 Å². The summed E-state index contributed by atoms with van der Waals surface area (Å²) >= 11 is 0. The fraction of sp³-hybridized carbons (Fsp3) is 0.571. The minimum absolute atomic E-state index is 0.0686. The lowest BCUT2D eigenvalue weighted by Gasteiger charge is -2.38. The van der Waals surface area contributed by atoms with Crippen molar-refractivity contribution in [1.82, 2.24) is 0 Å². The van der Waals surface area contributed by atoms with Gasteiger partial charge in [0.15, 0.2) is 0 Å². The predicted molar refractivity (Wildman–Crippen MR) is 75.2 cm³/mol. The number of aliphatic hydroxyl groups excluding tert-OH is 1. The van der Waals surface area contributed by atoms with Crippen LogP contribution in [-0.2, 0) is 0 Å². The number of rotatable bonds is 5. The van der Waals surface area contributed by atoms with Crippen LogP contribution in [0.5, 0.6) is 5.75 Å². The normalized spacial score (nSPS) is 13.3. The van der Waals surface area contributed by atoms with Gasteiger partial charge >= 0.3 is 0 Å². The molecule has 3 N–H and O–H groups in total. The summed E-state index contributed by atoms with van der Waals surface area (Å²) in [5.41, 5.74) is 7.64. The van der Waals surface area contributed by atoms with Crippen molar-refractivity contribution in [2.75, 3.05) is 25.7 Å². The first-order valence-corrected chi connectivity index (χ1v) is 6.12. The first kappa shape index (κ1) is 14.8. The van der Waals surface area contributed by atoms with Gasteiger partial charge in [0.2, 0.25) is 0 Å². The van der Waals surface area contributed by atoms with Gasteiger partial charge in [0.25, 0.3) is 0 Å². The van der Waals surface area contributed by atoms with E-state index in [1.54, 1.807) is 7.11 Å². The summed E-state index contributed by atoms with van der Waals surface area (Å²) in [5.74, 6) is 0.781. The fourth-order valence-electron chi connectivity index (χ4n) is 1.89. The molecule has 1 aromatic rings. The van der Waals surface area contributed by atoms with Crippen molar-refractivity contribution in [2.24, 2.45) is 5.73 Å². The summed E-state index contributed by atoms with van der Waals surface area (Å²) in [6.07, 6.45) is 0. The summed E-state index contributed by atoms with van der Waals surface area (Å²) in [6, 6.07) is 5.71. The number of nitrogens with two attached hydrogens (primary N) is 1. The minimum Gasteiger partial charge on any atom is -0.496 e. The van der Waals surface area contributed by atoms with Gasteiger partial charge in [0.1, 0.15) is 5.75 Å². The van der Waals surface area contributed by atoms with Crippen LogP contribution in [0.1, 0.15) is 32.4 Å². The molecular formula is C14H24N2O2. The zero-order chi connectivity index (χ0) is 13.9. The van der Waals surface area contributed by atoms with Crippen molar-refractivity contribution in [3.8, 4) is 5.75 Å². The molecule has 18 heavy (non-hydrogen) atoms. The summed E-state index contributed by atoms with van der Waals surface area (Å²) in [7, 11) is 3.60. The number of anilines is 1. The topological polar surface area (TPSA) is 58.7 Å². The third kappa shape index (κ3) is 2.76. The van der Waals surface area contributed by atoms with Crippen LogP contribution in [0.15, 0.2) is 18.2 Å². The highest BCUT2D eigenvalue weighted by Crippen LogP contribution is 2.35. The molecule has 1 unspecified atom stereocenters. The lowest BCUT2D eigenvalue weighted by molar-refractivity contribution is 0.216. The Balaban J connectivity index is 3.32. The second kappa shape index (κ2) is 5.59. The number of hydrogen-bond donors (Lipinski definition) is 2. The quantitative estimate of drug-likeness (QED) is 0.840. The van der Waals surface area contributed by atoms with Crippen LogP contribution in [0.3, 0.4) is 0 Å². The van der Waals surface area contributed by atoms with E-state index < -0.39 is 0 Å². The maximum atomic E-state index is 9.48. The lowest BCUT2D eigenvalue weighted by atomic mass is 9.99. The van der Waals surface area contributed by atoms with Crippen molar-refractivity contribution in [2.45, 2.75) is 32.4 Å². The molecule has 1 aromatic carbocycles. The van der Waals surface area contributed by atoms with Gasteiger partial charge in [-0.1, -0.05) is 6.07 Å². The number of aliphatic hydroxyl groups is 1. The van der Waals surface area contributed by atoms with Gasteiger partial charge in [0, 0.05) is 24.3 Å². The minimum atomic E-state index is -0.351. The van der Waals surface area contributed by atoms with E-state index in [9.17, 15) is 5.11 Å². The molecule has 0 saturated heterocycles.